The van der Waals surface area contributed by atoms with Crippen molar-refractivity contribution in [3.63, 3.8) is 0 Å². The molecule has 142 valence electrons. The Bertz CT molecular complexity index is 970. The number of thiocarbonyl (C=S) groups is 1. The number of nitrogens with zero attached hydrogens (tertiary/aromatic N) is 1. The second-order valence-electron chi connectivity index (χ2n) is 5.96. The molecule has 2 N–H and O–H groups in total. The van der Waals surface area contributed by atoms with Crippen LogP contribution in [0.25, 0.3) is 6.08 Å². The topological polar surface area (TPSA) is 95.9 Å². The summed E-state index contributed by atoms with van der Waals surface area (Å²) in [5.74, 6) is -1.82. The summed E-state index contributed by atoms with van der Waals surface area (Å²) in [5, 5.41) is 11.4. The summed E-state index contributed by atoms with van der Waals surface area (Å²) in [6, 6.07) is 15.2. The third-order valence-electron chi connectivity index (χ3n) is 3.97. The number of amides is 2. The monoisotopic (exact) mass is 396 g/mol. The highest BCUT2D eigenvalue weighted by Gasteiger charge is 2.34. The molecule has 0 bridgehead atoms. The first-order chi connectivity index (χ1) is 13.4. The molecule has 0 spiro atoms. The molecule has 2 amide bonds. The molecule has 7 nitrogen and oxygen atoms in total. The number of ether oxygens (including phenoxy) is 1. The van der Waals surface area contributed by atoms with Gasteiger partial charge in [0.2, 0.25) is 0 Å². The molecule has 1 atom stereocenters. The highest BCUT2D eigenvalue weighted by atomic mass is 32.1. The number of anilines is 1. The molecule has 2 aromatic carbocycles. The zero-order valence-electron chi connectivity index (χ0n) is 14.8. The van der Waals surface area contributed by atoms with Crippen LogP contribution in [0, 0.1) is 0 Å². The summed E-state index contributed by atoms with van der Waals surface area (Å²) in [5.41, 5.74) is 1.06. The summed E-state index contributed by atoms with van der Waals surface area (Å²) in [7, 11) is 0. The van der Waals surface area contributed by atoms with Gasteiger partial charge in [0.15, 0.2) is 11.2 Å². The number of carbonyl (C=O) groups excluding carboxylic acids is 2. The molecule has 0 unspecified atom stereocenters. The predicted octanol–water partition coefficient (Wildman–Crippen LogP) is 2.37. The van der Waals surface area contributed by atoms with E-state index in [0.717, 1.165) is 0 Å². The van der Waals surface area contributed by atoms with E-state index in [-0.39, 0.29) is 10.7 Å². The van der Waals surface area contributed by atoms with Gasteiger partial charge in [-0.15, -0.1) is 0 Å². The molecule has 1 saturated heterocycles. The summed E-state index contributed by atoms with van der Waals surface area (Å²) >= 11 is 5.14. The van der Waals surface area contributed by atoms with Crippen molar-refractivity contribution in [3.8, 4) is 5.75 Å². The maximum atomic E-state index is 12.9. The standard InChI is InChI=1S/C20H16N2O5S/c1-12(19(25)26)27-15-9-7-13(8-10-15)11-16-17(23)21-20(28)22(18(16)24)14-5-3-2-4-6-14/h2-12H,1H3,(H,25,26)(H,21,23,28)/b16-11-/t12-/m0/s1. The van der Waals surface area contributed by atoms with E-state index < -0.39 is 23.9 Å². The van der Waals surface area contributed by atoms with Gasteiger partial charge in [-0.05, 0) is 55.0 Å². The number of carboxylic acid groups (broad SMARTS) is 1. The van der Waals surface area contributed by atoms with Gasteiger partial charge in [-0.2, -0.15) is 0 Å². The first-order valence-electron chi connectivity index (χ1n) is 8.33. The largest absolute Gasteiger partial charge is 0.479 e. The molecule has 1 fully saturated rings. The Balaban J connectivity index is 1.86. The SMILES string of the molecule is C[C@H](Oc1ccc(/C=C2/C(=O)NC(=S)N(c3ccccc3)C2=O)cc1)C(=O)O. The van der Waals surface area contributed by atoms with Crippen LogP contribution in [0.1, 0.15) is 12.5 Å². The Morgan fingerprint density at radius 3 is 2.39 bits per heavy atom. The van der Waals surface area contributed by atoms with Gasteiger partial charge in [0.25, 0.3) is 11.8 Å². The molecule has 0 radical (unpaired) electrons. The third kappa shape index (κ3) is 4.07. The predicted molar refractivity (Wildman–Crippen MR) is 107 cm³/mol. The van der Waals surface area contributed by atoms with Gasteiger partial charge in [-0.1, -0.05) is 30.3 Å². The Hall–Kier alpha value is -3.52. The van der Waals surface area contributed by atoms with Crippen molar-refractivity contribution in [2.45, 2.75) is 13.0 Å². The van der Waals surface area contributed by atoms with E-state index in [1.165, 1.54) is 17.9 Å². The zero-order valence-corrected chi connectivity index (χ0v) is 15.6. The van der Waals surface area contributed by atoms with Crippen molar-refractivity contribution >= 4 is 46.9 Å². The Labute approximate surface area is 166 Å². The fourth-order valence-electron chi connectivity index (χ4n) is 2.53. The molecule has 3 rings (SSSR count). The number of para-hydroxylation sites is 1. The number of nitrogens with one attached hydrogen (secondary N) is 1. The molecular formula is C20H16N2O5S. The lowest BCUT2D eigenvalue weighted by Crippen LogP contribution is -2.54. The van der Waals surface area contributed by atoms with E-state index in [0.29, 0.717) is 17.0 Å². The van der Waals surface area contributed by atoms with Crippen LogP contribution in [-0.4, -0.2) is 34.1 Å². The van der Waals surface area contributed by atoms with Crippen molar-refractivity contribution < 1.29 is 24.2 Å². The van der Waals surface area contributed by atoms with Gasteiger partial charge in [0, 0.05) is 0 Å². The van der Waals surface area contributed by atoms with Gasteiger partial charge in [-0.25, -0.2) is 4.79 Å². The van der Waals surface area contributed by atoms with E-state index in [9.17, 15) is 14.4 Å². The summed E-state index contributed by atoms with van der Waals surface area (Å²) in [6.45, 7) is 1.42. The van der Waals surface area contributed by atoms with Crippen LogP contribution in [0.15, 0.2) is 60.2 Å². The molecule has 1 aliphatic rings. The fraction of sp³-hybridized carbons (Fsp3) is 0.100. The highest BCUT2D eigenvalue weighted by molar-refractivity contribution is 7.80. The molecule has 0 aliphatic carbocycles. The van der Waals surface area contributed by atoms with E-state index in [4.69, 9.17) is 22.1 Å². The van der Waals surface area contributed by atoms with Gasteiger partial charge in [-0.3, -0.25) is 19.8 Å². The minimum absolute atomic E-state index is 0.0183. The smallest absolute Gasteiger partial charge is 0.344 e. The molecule has 2 aromatic rings. The van der Waals surface area contributed by atoms with Crippen molar-refractivity contribution in [2.75, 3.05) is 4.90 Å². The van der Waals surface area contributed by atoms with Crippen LogP contribution < -0.4 is 15.0 Å². The summed E-state index contributed by atoms with van der Waals surface area (Å²) in [4.78, 5) is 37.2. The summed E-state index contributed by atoms with van der Waals surface area (Å²) in [6.07, 6.45) is 0.454. The highest BCUT2D eigenvalue weighted by Crippen LogP contribution is 2.22. The van der Waals surface area contributed by atoms with Crippen molar-refractivity contribution in [1.29, 1.82) is 0 Å². The minimum Gasteiger partial charge on any atom is -0.479 e. The van der Waals surface area contributed by atoms with Gasteiger partial charge < -0.3 is 9.84 Å². The van der Waals surface area contributed by atoms with Crippen molar-refractivity contribution in [3.05, 3.63) is 65.7 Å². The van der Waals surface area contributed by atoms with E-state index in [1.807, 2.05) is 6.07 Å². The van der Waals surface area contributed by atoms with Crippen LogP contribution >= 0.6 is 12.2 Å². The zero-order chi connectivity index (χ0) is 20.3. The van der Waals surface area contributed by atoms with Crippen LogP contribution in [0.2, 0.25) is 0 Å². The summed E-state index contributed by atoms with van der Waals surface area (Å²) < 4.78 is 5.26. The fourth-order valence-corrected chi connectivity index (χ4v) is 2.81. The molecular weight excluding hydrogens is 380 g/mol. The Kier molecular flexibility index (Phi) is 5.51. The second kappa shape index (κ2) is 8.01. The average molecular weight is 396 g/mol. The first-order valence-corrected chi connectivity index (χ1v) is 8.73. The quantitative estimate of drug-likeness (QED) is 0.458. The number of rotatable bonds is 5. The molecule has 1 heterocycles. The Morgan fingerprint density at radius 2 is 1.79 bits per heavy atom. The first kappa shape index (κ1) is 19.2. The second-order valence-corrected chi connectivity index (χ2v) is 6.35. The molecule has 28 heavy (non-hydrogen) atoms. The molecule has 0 saturated carbocycles. The maximum absolute atomic E-state index is 12.9. The van der Waals surface area contributed by atoms with Gasteiger partial charge >= 0.3 is 5.97 Å². The van der Waals surface area contributed by atoms with E-state index in [2.05, 4.69) is 5.32 Å². The lowest BCUT2D eigenvalue weighted by atomic mass is 10.1. The lowest BCUT2D eigenvalue weighted by Gasteiger charge is -2.28. The van der Waals surface area contributed by atoms with E-state index >= 15 is 0 Å². The molecule has 1 aliphatic heterocycles. The number of benzene rings is 2. The number of aliphatic carboxylic acids is 1. The van der Waals surface area contributed by atoms with Crippen LogP contribution in [0.5, 0.6) is 5.75 Å². The number of hydrogen-bond donors (Lipinski definition) is 2. The third-order valence-corrected chi connectivity index (χ3v) is 4.25. The maximum Gasteiger partial charge on any atom is 0.344 e. The molecule has 0 aromatic heterocycles. The number of carboxylic acids is 1. The van der Waals surface area contributed by atoms with Gasteiger partial charge in [0.1, 0.15) is 11.3 Å². The molecule has 8 heteroatoms. The average Bonchev–Trinajstić information content (AvgIpc) is 2.67. The number of hydrogen-bond acceptors (Lipinski definition) is 5. The van der Waals surface area contributed by atoms with Crippen molar-refractivity contribution in [2.24, 2.45) is 0 Å². The normalized spacial score (nSPS) is 16.7. The minimum atomic E-state index is -1.08. The lowest BCUT2D eigenvalue weighted by molar-refractivity contribution is -0.144. The van der Waals surface area contributed by atoms with Crippen LogP contribution in [-0.2, 0) is 14.4 Å². The van der Waals surface area contributed by atoms with Gasteiger partial charge in [0.05, 0.1) is 5.69 Å². The Morgan fingerprint density at radius 1 is 1.14 bits per heavy atom. The van der Waals surface area contributed by atoms with Crippen LogP contribution in [0.4, 0.5) is 5.69 Å². The van der Waals surface area contributed by atoms with Crippen molar-refractivity contribution in [1.82, 2.24) is 5.32 Å². The number of carbonyl (C=O) groups is 3. The van der Waals surface area contributed by atoms with Crippen LogP contribution in [0.3, 0.4) is 0 Å². The van der Waals surface area contributed by atoms with E-state index in [1.54, 1.807) is 48.5 Å².